The van der Waals surface area contributed by atoms with Crippen LogP contribution in [0.1, 0.15) is 12.8 Å². The number of benzene rings is 1. The van der Waals surface area contributed by atoms with E-state index in [4.69, 9.17) is 9.15 Å². The van der Waals surface area contributed by atoms with Crippen LogP contribution in [0.2, 0.25) is 0 Å². The molecule has 0 spiro atoms. The molecule has 0 bridgehead atoms. The summed E-state index contributed by atoms with van der Waals surface area (Å²) in [6.45, 7) is 5.81. The molecule has 0 saturated carbocycles. The Balaban J connectivity index is 1.51. The second-order valence-electron chi connectivity index (χ2n) is 5.27. The van der Waals surface area contributed by atoms with Gasteiger partial charge in [-0.15, -0.1) is 0 Å². The smallest absolute Gasteiger partial charge is 0.309 e. The molecule has 3 rings (SSSR count). The van der Waals surface area contributed by atoms with E-state index in [1.165, 1.54) is 18.9 Å². The Morgan fingerprint density at radius 3 is 2.64 bits per heavy atom. The number of hydrogen-bond acceptors (Lipinski definition) is 6. The average molecular weight is 301 g/mol. The molecular weight excluding hydrogens is 282 g/mol. The molecule has 0 radical (unpaired) electrons. The standard InChI is InChI=1S/C16H19N3O3/c1-13(20)22-16-12-21-15(17-16)11-18-7-9-19(10-8-18)14-5-3-2-4-6-14/h2-6,12H,7-11H2,1H3. The van der Waals surface area contributed by atoms with Gasteiger partial charge in [-0.2, -0.15) is 4.98 Å². The van der Waals surface area contributed by atoms with Crippen molar-refractivity contribution < 1.29 is 13.9 Å². The van der Waals surface area contributed by atoms with Crippen LogP contribution in [0.15, 0.2) is 41.0 Å². The van der Waals surface area contributed by atoms with Crippen molar-refractivity contribution in [2.45, 2.75) is 13.5 Å². The second-order valence-corrected chi connectivity index (χ2v) is 5.27. The molecule has 0 aliphatic carbocycles. The molecule has 116 valence electrons. The lowest BCUT2D eigenvalue weighted by molar-refractivity contribution is -0.132. The molecule has 2 heterocycles. The van der Waals surface area contributed by atoms with E-state index in [0.29, 0.717) is 12.4 Å². The number of ether oxygens (including phenoxy) is 1. The van der Waals surface area contributed by atoms with Crippen molar-refractivity contribution in [1.82, 2.24) is 9.88 Å². The number of anilines is 1. The Bertz CT molecular complexity index is 619. The molecule has 2 aromatic rings. The number of rotatable bonds is 4. The summed E-state index contributed by atoms with van der Waals surface area (Å²) >= 11 is 0. The van der Waals surface area contributed by atoms with Crippen molar-refractivity contribution in [1.29, 1.82) is 0 Å². The first-order chi connectivity index (χ1) is 10.7. The van der Waals surface area contributed by atoms with Gasteiger partial charge < -0.3 is 14.1 Å². The van der Waals surface area contributed by atoms with E-state index < -0.39 is 5.97 Å². The number of piperazine rings is 1. The fourth-order valence-electron chi connectivity index (χ4n) is 2.56. The van der Waals surface area contributed by atoms with E-state index >= 15 is 0 Å². The lowest BCUT2D eigenvalue weighted by Crippen LogP contribution is -2.46. The number of carbonyl (C=O) groups is 1. The maximum absolute atomic E-state index is 10.9. The molecule has 0 unspecified atom stereocenters. The third kappa shape index (κ3) is 3.65. The first-order valence-electron chi connectivity index (χ1n) is 7.36. The lowest BCUT2D eigenvalue weighted by atomic mass is 10.2. The summed E-state index contributed by atoms with van der Waals surface area (Å²) in [6, 6.07) is 10.4. The van der Waals surface area contributed by atoms with Crippen LogP contribution in [-0.4, -0.2) is 42.0 Å². The summed E-state index contributed by atoms with van der Waals surface area (Å²) < 4.78 is 10.2. The molecule has 1 aromatic carbocycles. The highest BCUT2D eigenvalue weighted by Gasteiger charge is 2.19. The largest absolute Gasteiger partial charge is 0.443 e. The zero-order valence-corrected chi connectivity index (χ0v) is 12.6. The molecular formula is C16H19N3O3. The van der Waals surface area contributed by atoms with Gasteiger partial charge in [0.15, 0.2) is 6.26 Å². The van der Waals surface area contributed by atoms with Crippen LogP contribution in [0.5, 0.6) is 5.88 Å². The monoisotopic (exact) mass is 301 g/mol. The summed E-state index contributed by atoms with van der Waals surface area (Å²) in [5.41, 5.74) is 1.26. The van der Waals surface area contributed by atoms with Crippen LogP contribution in [0.25, 0.3) is 0 Å². The Hall–Kier alpha value is -2.34. The highest BCUT2D eigenvalue weighted by Crippen LogP contribution is 2.17. The lowest BCUT2D eigenvalue weighted by Gasteiger charge is -2.35. The maximum Gasteiger partial charge on any atom is 0.309 e. The number of para-hydroxylation sites is 1. The number of oxazole rings is 1. The minimum atomic E-state index is -0.392. The van der Waals surface area contributed by atoms with Crippen LogP contribution < -0.4 is 9.64 Å². The first kappa shape index (κ1) is 14.6. The molecule has 1 aliphatic rings. The van der Waals surface area contributed by atoms with Gasteiger partial charge in [0.05, 0.1) is 6.54 Å². The second kappa shape index (κ2) is 6.62. The fraction of sp³-hybridized carbons (Fsp3) is 0.375. The third-order valence-corrected chi connectivity index (χ3v) is 3.63. The molecule has 0 N–H and O–H groups in total. The summed E-state index contributed by atoms with van der Waals surface area (Å²) in [4.78, 5) is 19.7. The molecule has 1 aromatic heterocycles. The van der Waals surface area contributed by atoms with Crippen LogP contribution >= 0.6 is 0 Å². The van der Waals surface area contributed by atoms with E-state index in [9.17, 15) is 4.79 Å². The van der Waals surface area contributed by atoms with Crippen LogP contribution in [-0.2, 0) is 11.3 Å². The number of carbonyl (C=O) groups excluding carboxylic acids is 1. The van der Waals surface area contributed by atoms with Crippen molar-refractivity contribution >= 4 is 11.7 Å². The molecule has 0 amide bonds. The predicted octanol–water partition coefficient (Wildman–Crippen LogP) is 1.92. The van der Waals surface area contributed by atoms with Crippen molar-refractivity contribution in [3.8, 4) is 5.88 Å². The van der Waals surface area contributed by atoms with Crippen LogP contribution in [0.4, 0.5) is 5.69 Å². The van der Waals surface area contributed by atoms with Gasteiger partial charge in [-0.05, 0) is 12.1 Å². The number of aromatic nitrogens is 1. The van der Waals surface area contributed by atoms with E-state index in [-0.39, 0.29) is 5.88 Å². The van der Waals surface area contributed by atoms with Crippen molar-refractivity contribution in [2.75, 3.05) is 31.1 Å². The van der Waals surface area contributed by atoms with Crippen molar-refractivity contribution in [3.05, 3.63) is 42.5 Å². The minimum Gasteiger partial charge on any atom is -0.443 e. The first-order valence-corrected chi connectivity index (χ1v) is 7.36. The summed E-state index contributed by atoms with van der Waals surface area (Å²) in [6.07, 6.45) is 1.37. The molecule has 1 saturated heterocycles. The Morgan fingerprint density at radius 1 is 1.23 bits per heavy atom. The maximum atomic E-state index is 10.9. The Kier molecular flexibility index (Phi) is 4.39. The van der Waals surface area contributed by atoms with Gasteiger partial charge in [-0.1, -0.05) is 18.2 Å². The van der Waals surface area contributed by atoms with E-state index in [2.05, 4.69) is 39.0 Å². The molecule has 6 nitrogen and oxygen atoms in total. The van der Waals surface area contributed by atoms with E-state index in [1.807, 2.05) is 6.07 Å². The number of hydrogen-bond donors (Lipinski definition) is 0. The molecule has 22 heavy (non-hydrogen) atoms. The normalized spacial score (nSPS) is 15.8. The molecule has 1 aliphatic heterocycles. The summed E-state index contributed by atoms with van der Waals surface area (Å²) in [7, 11) is 0. The van der Waals surface area contributed by atoms with E-state index in [0.717, 1.165) is 26.2 Å². The third-order valence-electron chi connectivity index (χ3n) is 3.63. The average Bonchev–Trinajstić information content (AvgIpc) is 2.95. The van der Waals surface area contributed by atoms with Gasteiger partial charge in [0.2, 0.25) is 5.89 Å². The van der Waals surface area contributed by atoms with Gasteiger partial charge in [0.25, 0.3) is 5.88 Å². The van der Waals surface area contributed by atoms with Gasteiger partial charge in [0.1, 0.15) is 0 Å². The Labute approximate surface area is 129 Å². The zero-order chi connectivity index (χ0) is 15.4. The van der Waals surface area contributed by atoms with Gasteiger partial charge in [-0.3, -0.25) is 9.69 Å². The van der Waals surface area contributed by atoms with E-state index in [1.54, 1.807) is 0 Å². The molecule has 1 fully saturated rings. The topological polar surface area (TPSA) is 58.8 Å². The SMILES string of the molecule is CC(=O)Oc1coc(CN2CCN(c3ccccc3)CC2)n1. The predicted molar refractivity (Wildman–Crippen MR) is 81.7 cm³/mol. The quantitative estimate of drug-likeness (QED) is 0.804. The molecule has 6 heteroatoms. The highest BCUT2D eigenvalue weighted by molar-refractivity contribution is 5.68. The Morgan fingerprint density at radius 2 is 1.95 bits per heavy atom. The van der Waals surface area contributed by atoms with Gasteiger partial charge in [0, 0.05) is 38.8 Å². The van der Waals surface area contributed by atoms with Gasteiger partial charge in [-0.25, -0.2) is 0 Å². The van der Waals surface area contributed by atoms with Crippen molar-refractivity contribution in [2.24, 2.45) is 0 Å². The summed E-state index contributed by atoms with van der Waals surface area (Å²) in [5, 5.41) is 0. The molecule has 0 atom stereocenters. The number of esters is 1. The highest BCUT2D eigenvalue weighted by atomic mass is 16.5. The minimum absolute atomic E-state index is 0.227. The zero-order valence-electron chi connectivity index (χ0n) is 12.6. The fourth-order valence-corrected chi connectivity index (χ4v) is 2.56. The summed E-state index contributed by atoms with van der Waals surface area (Å²) in [5.74, 6) is 0.408. The van der Waals surface area contributed by atoms with Crippen LogP contribution in [0.3, 0.4) is 0 Å². The van der Waals surface area contributed by atoms with Gasteiger partial charge >= 0.3 is 5.97 Å². The van der Waals surface area contributed by atoms with Crippen LogP contribution in [0, 0.1) is 0 Å². The van der Waals surface area contributed by atoms with Crippen molar-refractivity contribution in [3.63, 3.8) is 0 Å². The number of nitrogens with zero attached hydrogens (tertiary/aromatic N) is 3.